The van der Waals surface area contributed by atoms with Crippen LogP contribution >= 0.6 is 11.6 Å². The van der Waals surface area contributed by atoms with Crippen LogP contribution in [0.15, 0.2) is 71.8 Å². The van der Waals surface area contributed by atoms with Gasteiger partial charge in [-0.2, -0.15) is 5.10 Å². The first-order valence-corrected chi connectivity index (χ1v) is 11.5. The molecule has 37 heavy (non-hydrogen) atoms. The Morgan fingerprint density at radius 3 is 2.46 bits per heavy atom. The zero-order valence-electron chi connectivity index (χ0n) is 20.1. The maximum absolute atomic E-state index is 12.2. The molecule has 3 rings (SSSR count). The lowest BCUT2D eigenvalue weighted by atomic mass is 10.2. The highest BCUT2D eigenvalue weighted by molar-refractivity contribution is 6.39. The van der Waals surface area contributed by atoms with Crippen molar-refractivity contribution in [2.24, 2.45) is 5.10 Å². The summed E-state index contributed by atoms with van der Waals surface area (Å²) >= 11 is 5.92. The summed E-state index contributed by atoms with van der Waals surface area (Å²) in [6, 6.07) is 18.3. The fourth-order valence-electron chi connectivity index (χ4n) is 3.04. The molecule has 0 fully saturated rings. The maximum atomic E-state index is 12.2. The number of halogens is 1. The Labute approximate surface area is 218 Å². The molecule has 3 amide bonds. The number of amides is 3. The van der Waals surface area contributed by atoms with Crippen molar-refractivity contribution in [1.82, 2.24) is 5.43 Å². The van der Waals surface area contributed by atoms with Gasteiger partial charge in [-0.25, -0.2) is 5.43 Å². The summed E-state index contributed by atoms with van der Waals surface area (Å²) in [5.41, 5.74) is 3.64. The van der Waals surface area contributed by atoms with Crippen LogP contribution in [0.5, 0.6) is 17.2 Å². The number of benzene rings is 3. The Bertz CT molecular complexity index is 1300. The molecule has 3 N–H and O–H groups in total. The largest absolute Gasteiger partial charge is 0.493 e. The van der Waals surface area contributed by atoms with Crippen LogP contribution in [0.25, 0.3) is 0 Å². The van der Waals surface area contributed by atoms with Crippen LogP contribution in [0.4, 0.5) is 11.4 Å². The molecule has 0 radical (unpaired) electrons. The average molecular weight is 525 g/mol. The zero-order valence-corrected chi connectivity index (χ0v) is 20.9. The summed E-state index contributed by atoms with van der Waals surface area (Å²) in [7, 11) is 1.45. The SMILES string of the molecule is CCOc1ccccc1NC(=O)C(=O)N/N=C\c1ccc(OCC(=O)Nc2cccc(Cl)c2)c(OC)c1. The van der Waals surface area contributed by atoms with Gasteiger partial charge in [-0.1, -0.05) is 29.8 Å². The molecule has 11 heteroatoms. The van der Waals surface area contributed by atoms with Crippen LogP contribution in [-0.4, -0.2) is 44.3 Å². The molecule has 0 heterocycles. The van der Waals surface area contributed by atoms with Gasteiger partial charge in [0, 0.05) is 10.7 Å². The highest BCUT2D eigenvalue weighted by atomic mass is 35.5. The molecular weight excluding hydrogens is 500 g/mol. The third-order valence-electron chi connectivity index (χ3n) is 4.68. The Balaban J connectivity index is 1.53. The number of anilines is 2. The summed E-state index contributed by atoms with van der Waals surface area (Å²) in [5, 5.41) is 9.48. The Morgan fingerprint density at radius 2 is 1.70 bits per heavy atom. The normalized spacial score (nSPS) is 10.5. The van der Waals surface area contributed by atoms with Crippen molar-refractivity contribution in [2.45, 2.75) is 6.92 Å². The van der Waals surface area contributed by atoms with Gasteiger partial charge in [0.2, 0.25) is 0 Å². The number of hydrazone groups is 1. The molecule has 0 aromatic heterocycles. The van der Waals surface area contributed by atoms with E-state index >= 15 is 0 Å². The van der Waals surface area contributed by atoms with Gasteiger partial charge in [-0.05, 0) is 61.0 Å². The number of nitrogens with zero attached hydrogens (tertiary/aromatic N) is 1. The van der Waals surface area contributed by atoms with E-state index < -0.39 is 11.8 Å². The molecule has 0 unspecified atom stereocenters. The molecule has 0 bridgehead atoms. The topological polar surface area (TPSA) is 127 Å². The second kappa shape index (κ2) is 13.5. The van der Waals surface area contributed by atoms with E-state index in [4.69, 9.17) is 25.8 Å². The van der Waals surface area contributed by atoms with E-state index in [2.05, 4.69) is 21.2 Å². The highest BCUT2D eigenvalue weighted by Crippen LogP contribution is 2.28. The average Bonchev–Trinajstić information content (AvgIpc) is 2.89. The number of para-hydroxylation sites is 2. The summed E-state index contributed by atoms with van der Waals surface area (Å²) in [4.78, 5) is 36.5. The molecule has 0 aliphatic rings. The highest BCUT2D eigenvalue weighted by Gasteiger charge is 2.15. The first-order chi connectivity index (χ1) is 17.9. The number of nitrogens with one attached hydrogen (secondary N) is 3. The molecular formula is C26H25ClN4O6. The monoisotopic (exact) mass is 524 g/mol. The first-order valence-electron chi connectivity index (χ1n) is 11.1. The van der Waals surface area contributed by atoms with E-state index in [1.807, 2.05) is 6.92 Å². The van der Waals surface area contributed by atoms with Crippen molar-refractivity contribution in [3.8, 4) is 17.2 Å². The Hall–Kier alpha value is -4.57. The van der Waals surface area contributed by atoms with Gasteiger partial charge in [0.25, 0.3) is 5.91 Å². The van der Waals surface area contributed by atoms with E-state index in [9.17, 15) is 14.4 Å². The number of carbonyl (C=O) groups excluding carboxylic acids is 3. The predicted octanol–water partition coefficient (Wildman–Crippen LogP) is 3.85. The van der Waals surface area contributed by atoms with Crippen LogP contribution in [0.3, 0.4) is 0 Å². The maximum Gasteiger partial charge on any atom is 0.329 e. The predicted molar refractivity (Wildman–Crippen MR) is 141 cm³/mol. The molecule has 10 nitrogen and oxygen atoms in total. The number of carbonyl (C=O) groups is 3. The standard InChI is InChI=1S/C26H25ClN4O6/c1-3-36-21-10-5-4-9-20(21)30-25(33)26(34)31-28-15-17-11-12-22(23(13-17)35-2)37-16-24(32)29-19-8-6-7-18(27)14-19/h4-15H,3,16H2,1-2H3,(H,29,32)(H,30,33)(H,31,34)/b28-15-. The van der Waals surface area contributed by atoms with Crippen LogP contribution in [0.1, 0.15) is 12.5 Å². The van der Waals surface area contributed by atoms with E-state index in [1.165, 1.54) is 13.3 Å². The van der Waals surface area contributed by atoms with Gasteiger partial charge in [-0.15, -0.1) is 0 Å². The minimum atomic E-state index is -0.958. The van der Waals surface area contributed by atoms with Crippen LogP contribution in [0.2, 0.25) is 5.02 Å². The second-order valence-corrected chi connectivity index (χ2v) is 7.78. The van der Waals surface area contributed by atoms with Crippen molar-refractivity contribution in [3.63, 3.8) is 0 Å². The van der Waals surface area contributed by atoms with Crippen LogP contribution in [0, 0.1) is 0 Å². The van der Waals surface area contributed by atoms with Gasteiger partial charge in [-0.3, -0.25) is 14.4 Å². The Morgan fingerprint density at radius 1 is 0.892 bits per heavy atom. The fourth-order valence-corrected chi connectivity index (χ4v) is 3.23. The number of hydrogen-bond acceptors (Lipinski definition) is 7. The van der Waals surface area contributed by atoms with Crippen LogP contribution < -0.4 is 30.3 Å². The van der Waals surface area contributed by atoms with Crippen molar-refractivity contribution in [1.29, 1.82) is 0 Å². The Kier molecular flexibility index (Phi) is 9.86. The molecule has 0 aliphatic carbocycles. The molecule has 0 aliphatic heterocycles. The lowest BCUT2D eigenvalue weighted by Gasteiger charge is -2.11. The molecule has 3 aromatic rings. The van der Waals surface area contributed by atoms with E-state index in [-0.39, 0.29) is 12.5 Å². The number of rotatable bonds is 10. The number of hydrogen-bond donors (Lipinski definition) is 3. The number of methoxy groups -OCH3 is 1. The van der Waals surface area contributed by atoms with Gasteiger partial charge in [0.05, 0.1) is 25.6 Å². The summed E-state index contributed by atoms with van der Waals surface area (Å²) < 4.78 is 16.3. The van der Waals surface area contributed by atoms with Crippen molar-refractivity contribution in [2.75, 3.05) is 31.0 Å². The van der Waals surface area contributed by atoms with Crippen LogP contribution in [-0.2, 0) is 14.4 Å². The van der Waals surface area contributed by atoms with Crippen molar-refractivity contribution >= 4 is 46.9 Å². The lowest BCUT2D eigenvalue weighted by molar-refractivity contribution is -0.136. The van der Waals surface area contributed by atoms with E-state index in [0.717, 1.165) is 0 Å². The molecule has 0 saturated heterocycles. The quantitative estimate of drug-likeness (QED) is 0.210. The van der Waals surface area contributed by atoms with Crippen molar-refractivity contribution in [3.05, 3.63) is 77.3 Å². The van der Waals surface area contributed by atoms with Gasteiger partial charge >= 0.3 is 11.8 Å². The summed E-state index contributed by atoms with van der Waals surface area (Å²) in [6.07, 6.45) is 1.33. The summed E-state index contributed by atoms with van der Waals surface area (Å²) in [6.45, 7) is 1.97. The molecule has 192 valence electrons. The lowest BCUT2D eigenvalue weighted by Crippen LogP contribution is -2.32. The first kappa shape index (κ1) is 27.0. The van der Waals surface area contributed by atoms with Gasteiger partial charge in [0.15, 0.2) is 18.1 Å². The minimum Gasteiger partial charge on any atom is -0.493 e. The third-order valence-corrected chi connectivity index (χ3v) is 4.91. The van der Waals surface area contributed by atoms with Crippen molar-refractivity contribution < 1.29 is 28.6 Å². The minimum absolute atomic E-state index is 0.256. The second-order valence-electron chi connectivity index (χ2n) is 7.34. The smallest absolute Gasteiger partial charge is 0.329 e. The van der Waals surface area contributed by atoms with E-state index in [0.29, 0.717) is 45.8 Å². The molecule has 0 spiro atoms. The summed E-state index contributed by atoms with van der Waals surface area (Å²) in [5.74, 6) is -1.11. The zero-order chi connectivity index (χ0) is 26.6. The van der Waals surface area contributed by atoms with E-state index in [1.54, 1.807) is 66.7 Å². The molecule has 0 atom stereocenters. The third kappa shape index (κ3) is 8.25. The number of ether oxygens (including phenoxy) is 3. The van der Waals surface area contributed by atoms with Gasteiger partial charge in [0.1, 0.15) is 5.75 Å². The van der Waals surface area contributed by atoms with Gasteiger partial charge < -0.3 is 24.8 Å². The molecule has 0 saturated carbocycles. The fraction of sp³-hybridized carbons (Fsp3) is 0.154. The molecule has 3 aromatic carbocycles.